The van der Waals surface area contributed by atoms with Gasteiger partial charge in [-0.05, 0) is 6.92 Å². The molecule has 0 atom stereocenters. The molecule has 0 aromatic carbocycles. The lowest BCUT2D eigenvalue weighted by Crippen LogP contribution is -2.15. The van der Waals surface area contributed by atoms with E-state index in [1.165, 1.54) is 6.33 Å². The number of anilines is 2. The van der Waals surface area contributed by atoms with Crippen molar-refractivity contribution in [1.82, 2.24) is 20.2 Å². The zero-order valence-electron chi connectivity index (χ0n) is 9.16. The lowest BCUT2D eigenvalue weighted by molar-refractivity contribution is 0.102. The number of nitrogens with two attached hydrogens (primary N) is 1. The molecule has 7 nitrogen and oxygen atoms in total. The predicted octanol–water partition coefficient (Wildman–Crippen LogP) is 1.65. The maximum atomic E-state index is 11.9. The van der Waals surface area contributed by atoms with Gasteiger partial charge in [-0.15, -0.1) is 0 Å². The maximum Gasteiger partial charge on any atom is 0.278 e. The summed E-state index contributed by atoms with van der Waals surface area (Å²) in [5.41, 5.74) is 6.72. The lowest BCUT2D eigenvalue weighted by Gasteiger charge is -2.06. The number of halogens is 2. The molecule has 4 N–H and O–H groups in total. The van der Waals surface area contributed by atoms with Crippen molar-refractivity contribution in [2.24, 2.45) is 0 Å². The highest BCUT2D eigenvalue weighted by atomic mass is 35.5. The fourth-order valence-electron chi connectivity index (χ4n) is 1.23. The SMILES string of the molecule is Cc1[nH]nc(C(=O)Nc2c(Cl)ncnc2Cl)c1N. The Labute approximate surface area is 112 Å². The predicted molar refractivity (Wildman–Crippen MR) is 67.7 cm³/mol. The summed E-state index contributed by atoms with van der Waals surface area (Å²) >= 11 is 11.6. The highest BCUT2D eigenvalue weighted by Crippen LogP contribution is 2.26. The van der Waals surface area contributed by atoms with Gasteiger partial charge in [0.05, 0.1) is 11.4 Å². The van der Waals surface area contributed by atoms with Crippen LogP contribution < -0.4 is 11.1 Å². The minimum absolute atomic E-state index is 0.0363. The Kier molecular flexibility index (Phi) is 3.35. The molecular formula is C9H8Cl2N6O. The molecule has 9 heteroatoms. The van der Waals surface area contributed by atoms with Gasteiger partial charge in [0, 0.05) is 0 Å². The first-order valence-electron chi connectivity index (χ1n) is 4.78. The van der Waals surface area contributed by atoms with Gasteiger partial charge in [0.1, 0.15) is 12.0 Å². The minimum atomic E-state index is -0.546. The second-order valence-electron chi connectivity index (χ2n) is 3.40. The number of nitrogen functional groups attached to an aromatic ring is 1. The third-order valence-corrected chi connectivity index (χ3v) is 2.78. The molecule has 0 saturated heterocycles. The lowest BCUT2D eigenvalue weighted by atomic mass is 10.3. The molecule has 0 radical (unpaired) electrons. The highest BCUT2D eigenvalue weighted by molar-refractivity contribution is 6.38. The van der Waals surface area contributed by atoms with Crippen LogP contribution in [-0.4, -0.2) is 26.1 Å². The number of aromatic amines is 1. The van der Waals surface area contributed by atoms with E-state index < -0.39 is 5.91 Å². The molecule has 1 amide bonds. The number of nitrogens with zero attached hydrogens (tertiary/aromatic N) is 3. The van der Waals surface area contributed by atoms with Gasteiger partial charge in [-0.3, -0.25) is 9.89 Å². The number of aryl methyl sites for hydroxylation is 1. The Morgan fingerprint density at radius 2 is 2.00 bits per heavy atom. The van der Waals surface area contributed by atoms with Crippen LogP contribution in [0, 0.1) is 6.92 Å². The van der Waals surface area contributed by atoms with E-state index in [0.29, 0.717) is 5.69 Å². The number of rotatable bonds is 2. The number of carbonyl (C=O) groups excluding carboxylic acids is 1. The molecule has 0 spiro atoms. The molecule has 0 aliphatic carbocycles. The van der Waals surface area contributed by atoms with Crippen LogP contribution >= 0.6 is 23.2 Å². The standard InChI is InChI=1S/C9H8Cl2N6O/c1-3-4(12)5(17-16-3)9(18)15-6-7(10)13-2-14-8(6)11/h2H,12H2,1H3,(H,15,18)(H,16,17). The summed E-state index contributed by atoms with van der Waals surface area (Å²) in [6.45, 7) is 1.70. The molecule has 2 aromatic rings. The Hall–Kier alpha value is -1.86. The summed E-state index contributed by atoms with van der Waals surface area (Å²) < 4.78 is 0. The van der Waals surface area contributed by atoms with E-state index in [4.69, 9.17) is 28.9 Å². The van der Waals surface area contributed by atoms with Crippen LogP contribution in [0.25, 0.3) is 0 Å². The first-order valence-corrected chi connectivity index (χ1v) is 5.54. The Balaban J connectivity index is 2.30. The van der Waals surface area contributed by atoms with E-state index >= 15 is 0 Å². The van der Waals surface area contributed by atoms with Crippen molar-refractivity contribution in [3.05, 3.63) is 28.0 Å². The third kappa shape index (κ3) is 2.22. The topological polar surface area (TPSA) is 110 Å². The summed E-state index contributed by atoms with van der Waals surface area (Å²) in [6.07, 6.45) is 1.19. The molecule has 0 unspecified atom stereocenters. The molecule has 0 saturated carbocycles. The summed E-state index contributed by atoms with van der Waals surface area (Å²) in [7, 11) is 0. The largest absolute Gasteiger partial charge is 0.395 e. The van der Waals surface area contributed by atoms with Crippen molar-refractivity contribution < 1.29 is 4.79 Å². The number of amides is 1. The third-order valence-electron chi connectivity index (χ3n) is 2.20. The molecule has 0 aliphatic heterocycles. The van der Waals surface area contributed by atoms with Gasteiger partial charge in [0.2, 0.25) is 0 Å². The Morgan fingerprint density at radius 1 is 1.39 bits per heavy atom. The van der Waals surface area contributed by atoms with Gasteiger partial charge in [-0.1, -0.05) is 23.2 Å². The Morgan fingerprint density at radius 3 is 2.50 bits per heavy atom. The molecule has 2 rings (SSSR count). The fraction of sp³-hybridized carbons (Fsp3) is 0.111. The van der Waals surface area contributed by atoms with E-state index in [9.17, 15) is 4.79 Å². The minimum Gasteiger partial charge on any atom is -0.395 e. The highest BCUT2D eigenvalue weighted by Gasteiger charge is 2.18. The summed E-state index contributed by atoms with van der Waals surface area (Å²) in [5.74, 6) is -0.546. The van der Waals surface area contributed by atoms with Gasteiger partial charge in [0.15, 0.2) is 16.0 Å². The van der Waals surface area contributed by atoms with E-state index in [1.54, 1.807) is 6.92 Å². The van der Waals surface area contributed by atoms with Crippen molar-refractivity contribution in [2.45, 2.75) is 6.92 Å². The van der Waals surface area contributed by atoms with Crippen LogP contribution in [0.3, 0.4) is 0 Å². The quantitative estimate of drug-likeness (QED) is 0.727. The molecule has 0 aliphatic rings. The van der Waals surface area contributed by atoms with E-state index in [-0.39, 0.29) is 27.4 Å². The van der Waals surface area contributed by atoms with Crippen LogP contribution in [0.15, 0.2) is 6.33 Å². The van der Waals surface area contributed by atoms with Crippen molar-refractivity contribution in [1.29, 1.82) is 0 Å². The molecule has 94 valence electrons. The van der Waals surface area contributed by atoms with Crippen molar-refractivity contribution in [3.63, 3.8) is 0 Å². The number of hydrogen-bond acceptors (Lipinski definition) is 5. The van der Waals surface area contributed by atoms with E-state index in [0.717, 1.165) is 0 Å². The zero-order valence-corrected chi connectivity index (χ0v) is 10.7. The van der Waals surface area contributed by atoms with Crippen LogP contribution in [0.1, 0.15) is 16.2 Å². The smallest absolute Gasteiger partial charge is 0.278 e. The number of nitrogens with one attached hydrogen (secondary N) is 2. The second kappa shape index (κ2) is 4.79. The molecular weight excluding hydrogens is 279 g/mol. The average molecular weight is 287 g/mol. The molecule has 2 heterocycles. The monoisotopic (exact) mass is 286 g/mol. The van der Waals surface area contributed by atoms with E-state index in [2.05, 4.69) is 25.5 Å². The molecule has 2 aromatic heterocycles. The summed E-state index contributed by atoms with van der Waals surface area (Å²) in [5, 5.41) is 8.91. The van der Waals surface area contributed by atoms with Gasteiger partial charge in [-0.2, -0.15) is 5.10 Å². The molecule has 18 heavy (non-hydrogen) atoms. The maximum absolute atomic E-state index is 11.9. The van der Waals surface area contributed by atoms with Gasteiger partial charge >= 0.3 is 0 Å². The first-order chi connectivity index (χ1) is 8.50. The van der Waals surface area contributed by atoms with Crippen molar-refractivity contribution >= 4 is 40.5 Å². The Bertz CT molecular complexity index is 591. The van der Waals surface area contributed by atoms with Crippen LogP contribution in [0.5, 0.6) is 0 Å². The van der Waals surface area contributed by atoms with Crippen molar-refractivity contribution in [3.8, 4) is 0 Å². The summed E-state index contributed by atoms with van der Waals surface area (Å²) in [6, 6.07) is 0. The van der Waals surface area contributed by atoms with Crippen LogP contribution in [0.2, 0.25) is 10.3 Å². The normalized spacial score (nSPS) is 10.4. The van der Waals surface area contributed by atoms with Gasteiger partial charge in [0.25, 0.3) is 5.91 Å². The van der Waals surface area contributed by atoms with Crippen molar-refractivity contribution in [2.75, 3.05) is 11.1 Å². The molecule has 0 bridgehead atoms. The fourth-order valence-corrected chi connectivity index (χ4v) is 1.64. The number of H-pyrrole nitrogens is 1. The number of hydrogen-bond donors (Lipinski definition) is 3. The van der Waals surface area contributed by atoms with Gasteiger partial charge in [-0.25, -0.2) is 9.97 Å². The van der Waals surface area contributed by atoms with Crippen LogP contribution in [0.4, 0.5) is 11.4 Å². The number of carbonyl (C=O) groups is 1. The first kappa shape index (κ1) is 12.6. The van der Waals surface area contributed by atoms with Crippen LogP contribution in [-0.2, 0) is 0 Å². The van der Waals surface area contributed by atoms with E-state index in [1.807, 2.05) is 0 Å². The van der Waals surface area contributed by atoms with Gasteiger partial charge < -0.3 is 11.1 Å². The summed E-state index contributed by atoms with van der Waals surface area (Å²) in [4.78, 5) is 19.3. The number of aromatic nitrogens is 4. The molecule has 0 fully saturated rings. The zero-order chi connectivity index (χ0) is 13.3. The average Bonchev–Trinajstić information content (AvgIpc) is 2.65. The second-order valence-corrected chi connectivity index (χ2v) is 4.11.